The van der Waals surface area contributed by atoms with Gasteiger partial charge in [0.2, 0.25) is 17.4 Å². The Morgan fingerprint density at radius 2 is 1.90 bits per heavy atom. The standard InChI is InChI=1S/C14H18N4O3/c19-12-3-1-10(9-15-12)17-5-7-18(8-6-17)14(21)11-2-4-13(20)16-11/h1,3,9,11H,2,4-8H2,(H,15,19)(H,16,20). The normalized spacial score (nSPS) is 22.3. The maximum atomic E-state index is 12.3. The largest absolute Gasteiger partial charge is 0.367 e. The van der Waals surface area contributed by atoms with E-state index in [2.05, 4.69) is 15.2 Å². The topological polar surface area (TPSA) is 85.5 Å². The molecule has 1 atom stereocenters. The summed E-state index contributed by atoms with van der Waals surface area (Å²) in [5.74, 6) is -0.0257. The van der Waals surface area contributed by atoms with Crippen molar-refractivity contribution >= 4 is 17.5 Å². The molecule has 0 radical (unpaired) electrons. The first-order valence-corrected chi connectivity index (χ1v) is 7.15. The fourth-order valence-electron chi connectivity index (χ4n) is 2.80. The quantitative estimate of drug-likeness (QED) is 0.754. The first kappa shape index (κ1) is 13.7. The van der Waals surface area contributed by atoms with E-state index in [1.54, 1.807) is 17.2 Å². The molecule has 2 aliphatic rings. The van der Waals surface area contributed by atoms with Crippen LogP contribution in [0.15, 0.2) is 23.1 Å². The third-order valence-electron chi connectivity index (χ3n) is 4.02. The predicted molar refractivity (Wildman–Crippen MR) is 77.0 cm³/mol. The number of nitrogens with one attached hydrogen (secondary N) is 2. The molecule has 0 bridgehead atoms. The highest BCUT2D eigenvalue weighted by atomic mass is 16.2. The molecule has 0 saturated carbocycles. The predicted octanol–water partition coefficient (Wildman–Crippen LogP) is -0.698. The molecule has 1 unspecified atom stereocenters. The molecule has 7 heteroatoms. The monoisotopic (exact) mass is 290 g/mol. The Labute approximate surface area is 121 Å². The fourth-order valence-corrected chi connectivity index (χ4v) is 2.80. The van der Waals surface area contributed by atoms with Crippen LogP contribution in [0.1, 0.15) is 12.8 Å². The summed E-state index contributed by atoms with van der Waals surface area (Å²) >= 11 is 0. The Hall–Kier alpha value is -2.31. The molecule has 0 aliphatic carbocycles. The Bertz CT molecular complexity index is 584. The average Bonchev–Trinajstić information content (AvgIpc) is 2.94. The van der Waals surface area contributed by atoms with Crippen molar-refractivity contribution in [3.8, 4) is 0 Å². The summed E-state index contributed by atoms with van der Waals surface area (Å²) in [5.41, 5.74) is 0.834. The lowest BCUT2D eigenvalue weighted by atomic mass is 10.2. The van der Waals surface area contributed by atoms with Crippen LogP contribution >= 0.6 is 0 Å². The molecule has 2 aliphatic heterocycles. The fraction of sp³-hybridized carbons (Fsp3) is 0.500. The number of carbonyl (C=O) groups excluding carboxylic acids is 2. The highest BCUT2D eigenvalue weighted by Crippen LogP contribution is 2.16. The minimum Gasteiger partial charge on any atom is -0.367 e. The first-order chi connectivity index (χ1) is 10.1. The average molecular weight is 290 g/mol. The number of aromatic amines is 1. The van der Waals surface area contributed by atoms with Crippen LogP contribution in [0, 0.1) is 0 Å². The van der Waals surface area contributed by atoms with Gasteiger partial charge >= 0.3 is 0 Å². The van der Waals surface area contributed by atoms with E-state index >= 15 is 0 Å². The minimum atomic E-state index is -0.350. The number of pyridine rings is 1. The smallest absolute Gasteiger partial charge is 0.248 e. The molecular formula is C14H18N4O3. The van der Waals surface area contributed by atoms with Gasteiger partial charge in [-0.05, 0) is 12.5 Å². The second-order valence-electron chi connectivity index (χ2n) is 5.38. The summed E-state index contributed by atoms with van der Waals surface area (Å²) in [4.78, 5) is 41.1. The van der Waals surface area contributed by atoms with Gasteiger partial charge in [0.1, 0.15) is 6.04 Å². The van der Waals surface area contributed by atoms with Gasteiger partial charge in [0, 0.05) is 44.9 Å². The number of H-pyrrole nitrogens is 1. The van der Waals surface area contributed by atoms with E-state index in [1.165, 1.54) is 6.07 Å². The Morgan fingerprint density at radius 1 is 1.14 bits per heavy atom. The molecule has 3 heterocycles. The van der Waals surface area contributed by atoms with E-state index in [4.69, 9.17) is 0 Å². The summed E-state index contributed by atoms with van der Waals surface area (Å²) < 4.78 is 0. The van der Waals surface area contributed by atoms with Gasteiger partial charge in [-0.25, -0.2) is 0 Å². The van der Waals surface area contributed by atoms with Gasteiger partial charge in [-0.15, -0.1) is 0 Å². The van der Waals surface area contributed by atoms with Gasteiger partial charge in [-0.2, -0.15) is 0 Å². The van der Waals surface area contributed by atoms with E-state index in [9.17, 15) is 14.4 Å². The maximum Gasteiger partial charge on any atom is 0.248 e. The molecular weight excluding hydrogens is 272 g/mol. The number of piperazine rings is 1. The lowest BCUT2D eigenvalue weighted by Crippen LogP contribution is -2.53. The van der Waals surface area contributed by atoms with E-state index in [1.807, 2.05) is 0 Å². The number of aromatic nitrogens is 1. The number of amides is 2. The second-order valence-corrected chi connectivity index (χ2v) is 5.38. The Morgan fingerprint density at radius 3 is 2.48 bits per heavy atom. The van der Waals surface area contributed by atoms with Crippen LogP contribution in [0.3, 0.4) is 0 Å². The molecule has 3 rings (SSSR count). The van der Waals surface area contributed by atoms with Gasteiger partial charge in [-0.1, -0.05) is 0 Å². The molecule has 1 aromatic heterocycles. The third kappa shape index (κ3) is 2.91. The van der Waals surface area contributed by atoms with Crippen molar-refractivity contribution in [1.82, 2.24) is 15.2 Å². The van der Waals surface area contributed by atoms with Crippen molar-refractivity contribution in [3.63, 3.8) is 0 Å². The highest BCUT2D eigenvalue weighted by molar-refractivity contribution is 5.90. The third-order valence-corrected chi connectivity index (χ3v) is 4.02. The number of carbonyl (C=O) groups is 2. The summed E-state index contributed by atoms with van der Waals surface area (Å²) in [5, 5.41) is 2.72. The number of anilines is 1. The van der Waals surface area contributed by atoms with Crippen molar-refractivity contribution in [2.75, 3.05) is 31.1 Å². The number of rotatable bonds is 2. The van der Waals surface area contributed by atoms with Gasteiger partial charge in [0.25, 0.3) is 0 Å². The van der Waals surface area contributed by atoms with Crippen molar-refractivity contribution < 1.29 is 9.59 Å². The maximum absolute atomic E-state index is 12.3. The molecule has 7 nitrogen and oxygen atoms in total. The molecule has 1 aromatic rings. The van der Waals surface area contributed by atoms with Crippen LogP contribution in [0.5, 0.6) is 0 Å². The van der Waals surface area contributed by atoms with Crippen molar-refractivity contribution in [2.45, 2.75) is 18.9 Å². The lowest BCUT2D eigenvalue weighted by molar-refractivity contribution is -0.134. The number of hydrogen-bond acceptors (Lipinski definition) is 4. The van der Waals surface area contributed by atoms with Crippen LogP contribution in [0.4, 0.5) is 5.69 Å². The summed E-state index contributed by atoms with van der Waals surface area (Å²) in [6.45, 7) is 2.70. The first-order valence-electron chi connectivity index (χ1n) is 7.15. The highest BCUT2D eigenvalue weighted by Gasteiger charge is 2.32. The molecule has 0 spiro atoms. The molecule has 2 fully saturated rings. The van der Waals surface area contributed by atoms with E-state index < -0.39 is 0 Å². The number of nitrogens with zero attached hydrogens (tertiary/aromatic N) is 2. The zero-order valence-electron chi connectivity index (χ0n) is 11.7. The number of hydrogen-bond donors (Lipinski definition) is 2. The van der Waals surface area contributed by atoms with Gasteiger partial charge in [0.05, 0.1) is 5.69 Å². The molecule has 112 valence electrons. The van der Waals surface area contributed by atoms with E-state index in [-0.39, 0.29) is 23.4 Å². The van der Waals surface area contributed by atoms with E-state index in [0.29, 0.717) is 25.9 Å². The van der Waals surface area contributed by atoms with Crippen LogP contribution in [0.25, 0.3) is 0 Å². The molecule has 2 saturated heterocycles. The van der Waals surface area contributed by atoms with Crippen molar-refractivity contribution in [3.05, 3.63) is 28.7 Å². The molecule has 2 N–H and O–H groups in total. The van der Waals surface area contributed by atoms with Crippen molar-refractivity contribution in [1.29, 1.82) is 0 Å². The Balaban J connectivity index is 1.57. The van der Waals surface area contributed by atoms with Crippen LogP contribution < -0.4 is 15.8 Å². The molecule has 0 aromatic carbocycles. The minimum absolute atomic E-state index is 0.0157. The van der Waals surface area contributed by atoms with Crippen LogP contribution in [-0.2, 0) is 9.59 Å². The second kappa shape index (κ2) is 5.59. The van der Waals surface area contributed by atoms with Gasteiger partial charge < -0.3 is 20.1 Å². The van der Waals surface area contributed by atoms with Gasteiger partial charge in [0.15, 0.2) is 0 Å². The summed E-state index contributed by atoms with van der Waals surface area (Å²) in [7, 11) is 0. The lowest BCUT2D eigenvalue weighted by Gasteiger charge is -2.36. The summed E-state index contributed by atoms with van der Waals surface area (Å²) in [6.07, 6.45) is 2.72. The van der Waals surface area contributed by atoms with Gasteiger partial charge in [-0.3, -0.25) is 14.4 Å². The van der Waals surface area contributed by atoms with Crippen LogP contribution in [-0.4, -0.2) is 53.9 Å². The molecule has 21 heavy (non-hydrogen) atoms. The van der Waals surface area contributed by atoms with E-state index in [0.717, 1.165) is 18.8 Å². The SMILES string of the molecule is O=C1CCC(C(=O)N2CCN(c3ccc(=O)[nH]c3)CC2)N1. The zero-order valence-corrected chi connectivity index (χ0v) is 11.7. The Kier molecular flexibility index (Phi) is 3.64. The summed E-state index contributed by atoms with van der Waals surface area (Å²) in [6, 6.07) is 2.94. The molecule has 2 amide bonds. The zero-order chi connectivity index (χ0) is 14.8. The van der Waals surface area contributed by atoms with Crippen molar-refractivity contribution in [2.24, 2.45) is 0 Å². The van der Waals surface area contributed by atoms with Crippen LogP contribution in [0.2, 0.25) is 0 Å².